The Morgan fingerprint density at radius 2 is 1.94 bits per heavy atom. The molecule has 1 heterocycles. The minimum absolute atomic E-state index is 0.275. The van der Waals surface area contributed by atoms with E-state index in [2.05, 4.69) is 25.8 Å². The summed E-state index contributed by atoms with van der Waals surface area (Å²) < 4.78 is 5.83. The Bertz CT molecular complexity index is 544. The van der Waals surface area contributed by atoms with Crippen molar-refractivity contribution >= 4 is 16.7 Å². The summed E-state index contributed by atoms with van der Waals surface area (Å²) in [6.45, 7) is 7.31. The van der Waals surface area contributed by atoms with Gasteiger partial charge in [-0.2, -0.15) is 0 Å². The maximum atomic E-state index is 5.83. The number of rotatable bonds is 3. The first-order valence-electron chi connectivity index (χ1n) is 6.24. The van der Waals surface area contributed by atoms with Gasteiger partial charge in [-0.1, -0.05) is 32.9 Å². The molecule has 2 aromatic rings. The first-order valence-corrected chi connectivity index (χ1v) is 6.24. The van der Waals surface area contributed by atoms with Gasteiger partial charge in [0.05, 0.1) is 6.61 Å². The molecule has 18 heavy (non-hydrogen) atoms. The van der Waals surface area contributed by atoms with Crippen LogP contribution >= 0.6 is 0 Å². The van der Waals surface area contributed by atoms with Crippen LogP contribution in [0.4, 0.5) is 5.82 Å². The van der Waals surface area contributed by atoms with Crippen LogP contribution in [0.25, 0.3) is 10.9 Å². The highest BCUT2D eigenvalue weighted by Crippen LogP contribution is 2.26. The Morgan fingerprint density at radius 1 is 1.17 bits per heavy atom. The summed E-state index contributed by atoms with van der Waals surface area (Å²) in [6, 6.07) is 9.71. The molecule has 2 rings (SSSR count). The molecule has 0 amide bonds. The van der Waals surface area contributed by atoms with E-state index >= 15 is 0 Å². The second-order valence-corrected chi connectivity index (χ2v) is 5.72. The Morgan fingerprint density at radius 3 is 2.67 bits per heavy atom. The van der Waals surface area contributed by atoms with E-state index in [1.54, 1.807) is 6.07 Å². The average Bonchev–Trinajstić information content (AvgIpc) is 2.28. The number of ether oxygens (including phenoxy) is 1. The zero-order valence-electron chi connectivity index (χ0n) is 11.2. The van der Waals surface area contributed by atoms with Gasteiger partial charge in [0.15, 0.2) is 0 Å². The fourth-order valence-corrected chi connectivity index (χ4v) is 1.72. The van der Waals surface area contributed by atoms with Crippen LogP contribution in [0.3, 0.4) is 0 Å². The quantitative estimate of drug-likeness (QED) is 0.896. The molecule has 0 aliphatic carbocycles. The number of nitrogens with two attached hydrogens (primary N) is 1. The second-order valence-electron chi connectivity index (χ2n) is 5.72. The lowest BCUT2D eigenvalue weighted by atomic mass is 9.93. The Hall–Kier alpha value is -1.77. The van der Waals surface area contributed by atoms with Crippen molar-refractivity contribution < 1.29 is 4.74 Å². The highest BCUT2D eigenvalue weighted by Gasteiger charge is 2.11. The van der Waals surface area contributed by atoms with E-state index in [0.717, 1.165) is 23.1 Å². The summed E-state index contributed by atoms with van der Waals surface area (Å²) in [4.78, 5) is 4.34. The van der Waals surface area contributed by atoms with Crippen LogP contribution in [0, 0.1) is 5.41 Å². The molecule has 0 saturated heterocycles. The lowest BCUT2D eigenvalue weighted by Gasteiger charge is -2.18. The van der Waals surface area contributed by atoms with Gasteiger partial charge in [0.25, 0.3) is 0 Å². The molecule has 0 radical (unpaired) electrons. The molecule has 0 unspecified atom stereocenters. The smallest absolute Gasteiger partial charge is 0.145 e. The second kappa shape index (κ2) is 4.84. The summed E-state index contributed by atoms with van der Waals surface area (Å²) in [7, 11) is 0. The molecular formula is C15H20N2O. The van der Waals surface area contributed by atoms with Gasteiger partial charge in [-0.15, -0.1) is 0 Å². The lowest BCUT2D eigenvalue weighted by Crippen LogP contribution is -2.11. The van der Waals surface area contributed by atoms with Crippen LogP contribution in [0.15, 0.2) is 30.3 Å². The number of anilines is 1. The Kier molecular flexibility index (Phi) is 3.41. The number of fused-ring (bicyclic) bond motifs is 1. The molecule has 0 spiro atoms. The molecule has 3 heteroatoms. The molecule has 0 fully saturated rings. The first-order chi connectivity index (χ1) is 8.46. The fourth-order valence-electron chi connectivity index (χ4n) is 1.72. The molecule has 0 atom stereocenters. The Labute approximate surface area is 108 Å². The SMILES string of the molecule is CC(C)(C)CCOc1cccc2ccc(N)nc12. The molecule has 0 aliphatic rings. The number of nitrogen functional groups attached to an aromatic ring is 1. The number of benzene rings is 1. The van der Waals surface area contributed by atoms with Crippen molar-refractivity contribution in [2.24, 2.45) is 5.41 Å². The normalized spacial score (nSPS) is 11.7. The topological polar surface area (TPSA) is 48.1 Å². The van der Waals surface area contributed by atoms with Crippen molar-refractivity contribution in [1.82, 2.24) is 4.98 Å². The largest absolute Gasteiger partial charge is 0.491 e. The number of nitrogens with zero attached hydrogens (tertiary/aromatic N) is 1. The van der Waals surface area contributed by atoms with Gasteiger partial charge in [0.2, 0.25) is 0 Å². The van der Waals surface area contributed by atoms with E-state index in [9.17, 15) is 0 Å². The molecule has 3 nitrogen and oxygen atoms in total. The van der Waals surface area contributed by atoms with Crippen LogP contribution in [-0.2, 0) is 0 Å². The molecule has 1 aromatic carbocycles. The number of aromatic nitrogens is 1. The van der Waals surface area contributed by atoms with Gasteiger partial charge in [-0.25, -0.2) is 4.98 Å². The molecule has 2 N–H and O–H groups in total. The average molecular weight is 244 g/mol. The zero-order valence-corrected chi connectivity index (χ0v) is 11.2. The molecule has 96 valence electrons. The Balaban J connectivity index is 2.20. The molecule has 1 aromatic heterocycles. The number of pyridine rings is 1. The van der Waals surface area contributed by atoms with Crippen molar-refractivity contribution in [2.75, 3.05) is 12.3 Å². The van der Waals surface area contributed by atoms with E-state index in [-0.39, 0.29) is 5.41 Å². The number of hydrogen-bond donors (Lipinski definition) is 1. The minimum Gasteiger partial charge on any atom is -0.491 e. The minimum atomic E-state index is 0.275. The van der Waals surface area contributed by atoms with Crippen LogP contribution < -0.4 is 10.5 Å². The molecular weight excluding hydrogens is 224 g/mol. The van der Waals surface area contributed by atoms with Crippen LogP contribution in [-0.4, -0.2) is 11.6 Å². The summed E-state index contributed by atoms with van der Waals surface area (Å²) in [5, 5.41) is 1.05. The third-order valence-corrected chi connectivity index (χ3v) is 2.81. The van der Waals surface area contributed by atoms with E-state index < -0.39 is 0 Å². The van der Waals surface area contributed by atoms with E-state index in [0.29, 0.717) is 12.4 Å². The predicted molar refractivity (Wildman–Crippen MR) is 75.7 cm³/mol. The van der Waals surface area contributed by atoms with Crippen LogP contribution in [0.5, 0.6) is 5.75 Å². The third-order valence-electron chi connectivity index (χ3n) is 2.81. The van der Waals surface area contributed by atoms with Crippen LogP contribution in [0.2, 0.25) is 0 Å². The first kappa shape index (κ1) is 12.7. The van der Waals surface area contributed by atoms with E-state index in [1.165, 1.54) is 0 Å². The van der Waals surface area contributed by atoms with E-state index in [4.69, 9.17) is 10.5 Å². The lowest BCUT2D eigenvalue weighted by molar-refractivity contribution is 0.245. The van der Waals surface area contributed by atoms with Gasteiger partial charge in [-0.05, 0) is 30.0 Å². The van der Waals surface area contributed by atoms with Gasteiger partial charge in [0.1, 0.15) is 17.1 Å². The van der Waals surface area contributed by atoms with Gasteiger partial charge >= 0.3 is 0 Å². The predicted octanol–water partition coefficient (Wildman–Crippen LogP) is 3.63. The van der Waals surface area contributed by atoms with Crippen LogP contribution in [0.1, 0.15) is 27.2 Å². The van der Waals surface area contributed by atoms with Crippen molar-refractivity contribution in [3.63, 3.8) is 0 Å². The number of hydrogen-bond acceptors (Lipinski definition) is 3. The maximum absolute atomic E-state index is 5.83. The van der Waals surface area contributed by atoms with Gasteiger partial charge < -0.3 is 10.5 Å². The van der Waals surface area contributed by atoms with Crippen molar-refractivity contribution in [1.29, 1.82) is 0 Å². The summed E-state index contributed by atoms with van der Waals surface area (Å²) in [5.74, 6) is 1.33. The fraction of sp³-hybridized carbons (Fsp3) is 0.400. The molecule has 0 aliphatic heterocycles. The summed E-state index contributed by atoms with van der Waals surface area (Å²) in [6.07, 6.45) is 1.01. The zero-order chi connectivity index (χ0) is 13.2. The molecule has 0 bridgehead atoms. The van der Waals surface area contributed by atoms with Gasteiger partial charge in [-0.3, -0.25) is 0 Å². The third kappa shape index (κ3) is 3.13. The maximum Gasteiger partial charge on any atom is 0.145 e. The van der Waals surface area contributed by atoms with Crippen molar-refractivity contribution in [3.05, 3.63) is 30.3 Å². The monoisotopic (exact) mass is 244 g/mol. The van der Waals surface area contributed by atoms with Gasteiger partial charge in [0, 0.05) is 5.39 Å². The standard InChI is InChI=1S/C15H20N2O/c1-15(2,3)9-10-18-12-6-4-5-11-7-8-13(16)17-14(11)12/h4-8H,9-10H2,1-3H3,(H2,16,17). The van der Waals surface area contributed by atoms with Crippen molar-refractivity contribution in [2.45, 2.75) is 27.2 Å². The summed E-state index contributed by atoms with van der Waals surface area (Å²) >= 11 is 0. The van der Waals surface area contributed by atoms with E-state index in [1.807, 2.05) is 24.3 Å². The summed E-state index contributed by atoms with van der Waals surface area (Å²) in [5.41, 5.74) is 6.84. The number of para-hydroxylation sites is 1. The molecule has 0 saturated carbocycles. The highest BCUT2D eigenvalue weighted by molar-refractivity contribution is 5.85. The van der Waals surface area contributed by atoms with Crippen molar-refractivity contribution in [3.8, 4) is 5.75 Å². The highest BCUT2D eigenvalue weighted by atomic mass is 16.5.